The van der Waals surface area contributed by atoms with Crippen LogP contribution in [-0.2, 0) is 0 Å². The monoisotopic (exact) mass is 230 g/mol. The normalized spacial score (nSPS) is 14.8. The van der Waals surface area contributed by atoms with Crippen LogP contribution >= 0.6 is 0 Å². The number of hydrogen-bond acceptors (Lipinski definition) is 3. The second kappa shape index (κ2) is 4.82. The number of nitrogens with two attached hydrogens (primary N) is 1. The van der Waals surface area contributed by atoms with Crippen molar-refractivity contribution >= 4 is 10.9 Å². The Kier molecular flexibility index (Phi) is 3.41. The summed E-state index contributed by atoms with van der Waals surface area (Å²) < 4.78 is 0. The predicted molar refractivity (Wildman–Crippen MR) is 69.7 cm³/mol. The quantitative estimate of drug-likeness (QED) is 0.849. The lowest BCUT2D eigenvalue weighted by Crippen LogP contribution is -2.19. The number of benzene rings is 1. The lowest BCUT2D eigenvalue weighted by atomic mass is 9.94. The minimum atomic E-state index is -0.536. The molecule has 90 valence electrons. The molecule has 0 amide bonds. The molecule has 0 saturated heterocycles. The van der Waals surface area contributed by atoms with Gasteiger partial charge in [0.05, 0.1) is 11.6 Å². The molecular weight excluding hydrogens is 212 g/mol. The van der Waals surface area contributed by atoms with Gasteiger partial charge in [0.2, 0.25) is 0 Å². The number of hydrogen-bond donors (Lipinski definition) is 2. The van der Waals surface area contributed by atoms with Crippen molar-refractivity contribution in [2.24, 2.45) is 11.7 Å². The van der Waals surface area contributed by atoms with E-state index in [0.29, 0.717) is 6.54 Å². The highest BCUT2D eigenvalue weighted by atomic mass is 16.3. The molecule has 0 radical (unpaired) electrons. The van der Waals surface area contributed by atoms with Crippen molar-refractivity contribution in [1.82, 2.24) is 4.98 Å². The first kappa shape index (κ1) is 12.0. The van der Waals surface area contributed by atoms with E-state index in [-0.39, 0.29) is 5.92 Å². The summed E-state index contributed by atoms with van der Waals surface area (Å²) in [4.78, 5) is 4.46. The first-order chi connectivity index (χ1) is 8.13. The third-order valence-corrected chi connectivity index (χ3v) is 3.11. The lowest BCUT2D eigenvalue weighted by Gasteiger charge is -2.19. The molecule has 1 heterocycles. The van der Waals surface area contributed by atoms with Crippen molar-refractivity contribution in [2.45, 2.75) is 20.0 Å². The van der Waals surface area contributed by atoms with Crippen LogP contribution in [0.3, 0.4) is 0 Å². The first-order valence-electron chi connectivity index (χ1n) is 5.88. The van der Waals surface area contributed by atoms with Crippen LogP contribution in [0.25, 0.3) is 10.9 Å². The van der Waals surface area contributed by atoms with Gasteiger partial charge in [0.25, 0.3) is 0 Å². The van der Waals surface area contributed by atoms with Crippen molar-refractivity contribution < 1.29 is 5.11 Å². The van der Waals surface area contributed by atoms with E-state index < -0.39 is 6.10 Å². The van der Waals surface area contributed by atoms with Crippen LogP contribution < -0.4 is 5.73 Å². The van der Waals surface area contributed by atoms with Crippen LogP contribution in [-0.4, -0.2) is 16.6 Å². The summed E-state index contributed by atoms with van der Waals surface area (Å²) in [5.41, 5.74) is 8.38. The van der Waals surface area contributed by atoms with Gasteiger partial charge in [0, 0.05) is 11.1 Å². The Bertz CT molecular complexity index is 525. The Hall–Kier alpha value is -1.45. The minimum absolute atomic E-state index is 0.0419. The zero-order chi connectivity index (χ0) is 12.4. The highest BCUT2D eigenvalue weighted by molar-refractivity contribution is 5.82. The summed E-state index contributed by atoms with van der Waals surface area (Å²) in [5, 5.41) is 11.3. The summed E-state index contributed by atoms with van der Waals surface area (Å²) in [5.74, 6) is 0.0419. The van der Waals surface area contributed by atoms with Gasteiger partial charge in [-0.2, -0.15) is 0 Å². The molecule has 0 bridgehead atoms. The number of para-hydroxylation sites is 1. The van der Waals surface area contributed by atoms with Crippen molar-refractivity contribution in [3.05, 3.63) is 41.6 Å². The average molecular weight is 230 g/mol. The van der Waals surface area contributed by atoms with Crippen LogP contribution in [0, 0.1) is 12.8 Å². The van der Waals surface area contributed by atoms with E-state index in [1.54, 1.807) is 0 Å². The fourth-order valence-corrected chi connectivity index (χ4v) is 2.02. The molecule has 2 atom stereocenters. The van der Waals surface area contributed by atoms with Crippen molar-refractivity contribution in [1.29, 1.82) is 0 Å². The summed E-state index contributed by atoms with van der Waals surface area (Å²) in [7, 11) is 0. The van der Waals surface area contributed by atoms with E-state index in [1.165, 1.54) is 0 Å². The minimum Gasteiger partial charge on any atom is -0.388 e. The van der Waals surface area contributed by atoms with Gasteiger partial charge in [-0.25, -0.2) is 0 Å². The van der Waals surface area contributed by atoms with Crippen LogP contribution in [0.1, 0.15) is 24.3 Å². The van der Waals surface area contributed by atoms with E-state index in [4.69, 9.17) is 5.73 Å². The summed E-state index contributed by atoms with van der Waals surface area (Å²) in [6.45, 7) is 4.36. The van der Waals surface area contributed by atoms with E-state index in [0.717, 1.165) is 22.2 Å². The average Bonchev–Trinajstić information content (AvgIpc) is 2.35. The highest BCUT2D eigenvalue weighted by Gasteiger charge is 2.18. The number of aliphatic hydroxyl groups is 1. The topological polar surface area (TPSA) is 59.1 Å². The van der Waals surface area contributed by atoms with Gasteiger partial charge < -0.3 is 10.8 Å². The van der Waals surface area contributed by atoms with Gasteiger partial charge in [0.15, 0.2) is 0 Å². The molecule has 2 rings (SSSR count). The summed E-state index contributed by atoms with van der Waals surface area (Å²) >= 11 is 0. The predicted octanol–water partition coefficient (Wildman–Crippen LogP) is 2.17. The number of rotatable bonds is 3. The second-order valence-electron chi connectivity index (χ2n) is 4.53. The molecular formula is C14H18N2O. The van der Waals surface area contributed by atoms with E-state index in [2.05, 4.69) is 4.98 Å². The molecule has 17 heavy (non-hydrogen) atoms. The molecule has 3 heteroatoms. The molecule has 0 aliphatic rings. The standard InChI is InChI=1S/C14H18N2O/c1-9(8-15)14(17)12-7-10(2)16-13-6-4-3-5-11(12)13/h3-7,9,14,17H,8,15H2,1-2H3. The van der Waals surface area contributed by atoms with E-state index in [1.807, 2.05) is 44.2 Å². The smallest absolute Gasteiger partial charge is 0.0834 e. The molecule has 1 aromatic heterocycles. The number of nitrogens with zero attached hydrogens (tertiary/aromatic N) is 1. The Labute approximate surface area is 101 Å². The van der Waals surface area contributed by atoms with Gasteiger partial charge in [0.1, 0.15) is 0 Å². The second-order valence-corrected chi connectivity index (χ2v) is 4.53. The Balaban J connectivity index is 2.59. The third-order valence-electron chi connectivity index (χ3n) is 3.11. The van der Waals surface area contributed by atoms with Gasteiger partial charge in [-0.3, -0.25) is 4.98 Å². The van der Waals surface area contributed by atoms with Crippen LogP contribution in [0.2, 0.25) is 0 Å². The molecule has 1 aromatic carbocycles. The van der Waals surface area contributed by atoms with Gasteiger partial charge in [-0.05, 0) is 37.1 Å². The molecule has 0 fully saturated rings. The van der Waals surface area contributed by atoms with Gasteiger partial charge in [-0.1, -0.05) is 25.1 Å². The highest BCUT2D eigenvalue weighted by Crippen LogP contribution is 2.28. The maximum atomic E-state index is 10.3. The van der Waals surface area contributed by atoms with Gasteiger partial charge in [-0.15, -0.1) is 0 Å². The van der Waals surface area contributed by atoms with Crippen molar-refractivity contribution in [3.63, 3.8) is 0 Å². The lowest BCUT2D eigenvalue weighted by molar-refractivity contribution is 0.123. The maximum absolute atomic E-state index is 10.3. The molecule has 0 spiro atoms. The Morgan fingerprint density at radius 3 is 2.76 bits per heavy atom. The molecule has 0 aliphatic carbocycles. The summed E-state index contributed by atoms with van der Waals surface area (Å²) in [6.07, 6.45) is -0.536. The van der Waals surface area contributed by atoms with Crippen molar-refractivity contribution in [2.75, 3.05) is 6.54 Å². The number of aryl methyl sites for hydroxylation is 1. The zero-order valence-electron chi connectivity index (χ0n) is 10.2. The first-order valence-corrected chi connectivity index (χ1v) is 5.88. The largest absolute Gasteiger partial charge is 0.388 e. The third kappa shape index (κ3) is 2.30. The van der Waals surface area contributed by atoms with Crippen LogP contribution in [0.4, 0.5) is 0 Å². The molecule has 2 aromatic rings. The molecule has 3 nitrogen and oxygen atoms in total. The SMILES string of the molecule is Cc1cc(C(O)C(C)CN)c2ccccc2n1. The number of fused-ring (bicyclic) bond motifs is 1. The van der Waals surface area contributed by atoms with Crippen molar-refractivity contribution in [3.8, 4) is 0 Å². The maximum Gasteiger partial charge on any atom is 0.0834 e. The number of aliphatic hydroxyl groups excluding tert-OH is 1. The molecule has 3 N–H and O–H groups in total. The fraction of sp³-hybridized carbons (Fsp3) is 0.357. The van der Waals surface area contributed by atoms with E-state index >= 15 is 0 Å². The summed E-state index contributed by atoms with van der Waals surface area (Å²) in [6, 6.07) is 9.81. The van der Waals surface area contributed by atoms with Gasteiger partial charge >= 0.3 is 0 Å². The molecule has 0 saturated carbocycles. The zero-order valence-corrected chi connectivity index (χ0v) is 10.2. The fourth-order valence-electron chi connectivity index (χ4n) is 2.02. The number of pyridine rings is 1. The van der Waals surface area contributed by atoms with Crippen LogP contribution in [0.5, 0.6) is 0 Å². The number of aromatic nitrogens is 1. The van der Waals surface area contributed by atoms with E-state index in [9.17, 15) is 5.11 Å². The molecule has 2 unspecified atom stereocenters. The van der Waals surface area contributed by atoms with Crippen LogP contribution in [0.15, 0.2) is 30.3 Å². The Morgan fingerprint density at radius 2 is 2.06 bits per heavy atom. The Morgan fingerprint density at radius 1 is 1.35 bits per heavy atom. The molecule has 0 aliphatic heterocycles.